The van der Waals surface area contributed by atoms with Gasteiger partial charge < -0.3 is 0 Å². The molecule has 0 aliphatic rings. The van der Waals surface area contributed by atoms with Crippen molar-refractivity contribution in [2.75, 3.05) is 13.1 Å². The molecule has 0 radical (unpaired) electrons. The van der Waals surface area contributed by atoms with Crippen LogP contribution >= 0.6 is 0 Å². The minimum atomic E-state index is -3.75. The Morgan fingerprint density at radius 2 is 2.05 bits per heavy atom. The molecule has 0 heterocycles. The molecule has 0 unspecified atom stereocenters. The van der Waals surface area contributed by atoms with Crippen molar-refractivity contribution in [3.63, 3.8) is 0 Å². The predicted molar refractivity (Wildman–Crippen MR) is 79.4 cm³/mol. The lowest BCUT2D eigenvalue weighted by molar-refractivity contribution is -0.129. The van der Waals surface area contributed by atoms with Gasteiger partial charge in [0.1, 0.15) is 0 Å². The molecule has 0 aliphatic carbocycles. The molecule has 0 aromatic heterocycles. The number of hydrogen-bond acceptors (Lipinski definition) is 4. The monoisotopic (exact) mass is 314 g/mol. The number of benzene rings is 1. The molecule has 6 nitrogen and oxygen atoms in total. The van der Waals surface area contributed by atoms with E-state index in [1.54, 1.807) is 25.1 Å². The summed E-state index contributed by atoms with van der Waals surface area (Å²) < 4.78 is 26.3. The molecule has 1 aromatic carbocycles. The first-order chi connectivity index (χ1) is 9.91. The van der Waals surface area contributed by atoms with Gasteiger partial charge in [-0.3, -0.25) is 10.0 Å². The van der Waals surface area contributed by atoms with Crippen LogP contribution in [0, 0.1) is 6.92 Å². The molecule has 0 saturated heterocycles. The molecule has 0 spiro atoms. The highest BCUT2D eigenvalue weighted by Gasteiger charge is 2.26. The summed E-state index contributed by atoms with van der Waals surface area (Å²) >= 11 is 0. The van der Waals surface area contributed by atoms with Gasteiger partial charge in [-0.05, 0) is 31.0 Å². The third-order valence-corrected chi connectivity index (χ3v) is 4.92. The number of nitrogens with one attached hydrogen (secondary N) is 1. The summed E-state index contributed by atoms with van der Waals surface area (Å²) in [6, 6.07) is 6.55. The van der Waals surface area contributed by atoms with E-state index in [1.165, 1.54) is 11.5 Å². The average molecular weight is 314 g/mol. The third kappa shape index (κ3) is 5.11. The second-order valence-electron chi connectivity index (χ2n) is 4.90. The highest BCUT2D eigenvalue weighted by Crippen LogP contribution is 2.17. The summed E-state index contributed by atoms with van der Waals surface area (Å²) in [5.41, 5.74) is 2.31. The van der Waals surface area contributed by atoms with Gasteiger partial charge in [-0.15, -0.1) is 0 Å². The fourth-order valence-electron chi connectivity index (χ4n) is 1.94. The number of sulfonamides is 1. The number of amides is 1. The van der Waals surface area contributed by atoms with Gasteiger partial charge in [-0.1, -0.05) is 31.9 Å². The molecule has 1 amide bonds. The lowest BCUT2D eigenvalue weighted by atomic mass is 10.2. The Balaban J connectivity index is 3.01. The molecule has 21 heavy (non-hydrogen) atoms. The molecule has 0 saturated carbocycles. The van der Waals surface area contributed by atoms with Gasteiger partial charge in [0.25, 0.3) is 5.91 Å². The summed E-state index contributed by atoms with van der Waals surface area (Å²) in [6.07, 6.45) is 2.49. The van der Waals surface area contributed by atoms with Crippen LogP contribution in [0.3, 0.4) is 0 Å². The van der Waals surface area contributed by atoms with Crippen molar-refractivity contribution < 1.29 is 18.4 Å². The maximum Gasteiger partial charge on any atom is 0.258 e. The minimum absolute atomic E-state index is 0.157. The minimum Gasteiger partial charge on any atom is -0.289 e. The van der Waals surface area contributed by atoms with E-state index in [4.69, 9.17) is 5.21 Å². The van der Waals surface area contributed by atoms with Crippen LogP contribution in [0.5, 0.6) is 0 Å². The van der Waals surface area contributed by atoms with Crippen LogP contribution in [-0.2, 0) is 14.8 Å². The summed E-state index contributed by atoms with van der Waals surface area (Å²) in [7, 11) is -3.75. The smallest absolute Gasteiger partial charge is 0.258 e. The van der Waals surface area contributed by atoms with E-state index in [0.29, 0.717) is 6.42 Å². The van der Waals surface area contributed by atoms with Gasteiger partial charge >= 0.3 is 0 Å². The van der Waals surface area contributed by atoms with Crippen molar-refractivity contribution in [3.8, 4) is 0 Å². The predicted octanol–water partition coefficient (Wildman–Crippen LogP) is 1.68. The van der Waals surface area contributed by atoms with Crippen molar-refractivity contribution in [1.82, 2.24) is 9.79 Å². The maximum atomic E-state index is 12.6. The number of aryl methyl sites for hydroxylation is 1. The van der Waals surface area contributed by atoms with Crippen molar-refractivity contribution in [3.05, 3.63) is 29.8 Å². The number of hydrogen-bond donors (Lipinski definition) is 2. The van der Waals surface area contributed by atoms with Gasteiger partial charge in [-0.25, -0.2) is 13.9 Å². The van der Waals surface area contributed by atoms with E-state index in [0.717, 1.165) is 22.7 Å². The molecule has 0 atom stereocenters. The molecule has 7 heteroatoms. The Hall–Kier alpha value is -1.44. The number of rotatable bonds is 8. The van der Waals surface area contributed by atoms with Crippen molar-refractivity contribution in [2.24, 2.45) is 0 Å². The lowest BCUT2D eigenvalue weighted by Crippen LogP contribution is -2.40. The topological polar surface area (TPSA) is 86.7 Å². The van der Waals surface area contributed by atoms with Crippen LogP contribution in [-0.4, -0.2) is 36.9 Å². The normalized spacial score (nSPS) is 11.6. The standard InChI is InChI=1S/C14H22N2O4S/c1-3-4-5-9-16(11-14(17)15-18)21(19,20)13-8-6-7-12(2)10-13/h6-8,10,18H,3-5,9,11H2,1-2H3,(H,15,17). The zero-order chi connectivity index (χ0) is 15.9. The zero-order valence-corrected chi connectivity index (χ0v) is 13.2. The third-order valence-electron chi connectivity index (χ3n) is 3.08. The molecule has 118 valence electrons. The molecule has 1 rings (SSSR count). The Morgan fingerprint density at radius 3 is 2.62 bits per heavy atom. The first kappa shape index (κ1) is 17.6. The molecular weight excluding hydrogens is 292 g/mol. The molecule has 2 N–H and O–H groups in total. The van der Waals surface area contributed by atoms with E-state index in [1.807, 2.05) is 6.92 Å². The van der Waals surface area contributed by atoms with Crippen molar-refractivity contribution >= 4 is 15.9 Å². The number of hydroxylamine groups is 1. The highest BCUT2D eigenvalue weighted by atomic mass is 32.2. The molecule has 1 aromatic rings. The van der Waals surface area contributed by atoms with Crippen molar-refractivity contribution in [1.29, 1.82) is 0 Å². The SMILES string of the molecule is CCCCCN(CC(=O)NO)S(=O)(=O)c1cccc(C)c1. The molecule has 0 aliphatic heterocycles. The summed E-state index contributed by atoms with van der Waals surface area (Å²) in [6.45, 7) is 3.68. The average Bonchev–Trinajstić information content (AvgIpc) is 2.46. The van der Waals surface area contributed by atoms with Crippen LogP contribution in [0.1, 0.15) is 31.7 Å². The molecule has 0 bridgehead atoms. The number of carbonyl (C=O) groups excluding carboxylic acids is 1. The van der Waals surface area contributed by atoms with Crippen LogP contribution < -0.4 is 5.48 Å². The number of carbonyl (C=O) groups is 1. The second kappa shape index (κ2) is 8.11. The Morgan fingerprint density at radius 1 is 1.33 bits per heavy atom. The summed E-state index contributed by atoms with van der Waals surface area (Å²) in [5, 5.41) is 8.61. The molecule has 0 fully saturated rings. The maximum absolute atomic E-state index is 12.6. The largest absolute Gasteiger partial charge is 0.289 e. The van der Waals surface area contributed by atoms with Crippen LogP contribution in [0.15, 0.2) is 29.2 Å². The van der Waals surface area contributed by atoms with Gasteiger partial charge in [-0.2, -0.15) is 4.31 Å². The number of unbranched alkanes of at least 4 members (excludes halogenated alkanes) is 2. The van der Waals surface area contributed by atoms with Gasteiger partial charge in [0.05, 0.1) is 11.4 Å². The number of nitrogens with zero attached hydrogens (tertiary/aromatic N) is 1. The van der Waals surface area contributed by atoms with Gasteiger partial charge in [0.15, 0.2) is 0 Å². The van der Waals surface area contributed by atoms with Crippen LogP contribution in [0.25, 0.3) is 0 Å². The van der Waals surface area contributed by atoms with E-state index in [2.05, 4.69) is 0 Å². The fourth-order valence-corrected chi connectivity index (χ4v) is 3.48. The first-order valence-electron chi connectivity index (χ1n) is 6.91. The summed E-state index contributed by atoms with van der Waals surface area (Å²) in [4.78, 5) is 11.5. The Labute approximate surface area is 125 Å². The highest BCUT2D eigenvalue weighted by molar-refractivity contribution is 7.89. The zero-order valence-electron chi connectivity index (χ0n) is 12.4. The van der Waals surface area contributed by atoms with Crippen LogP contribution in [0.4, 0.5) is 0 Å². The van der Waals surface area contributed by atoms with Crippen LogP contribution in [0.2, 0.25) is 0 Å². The Kier molecular flexibility index (Phi) is 6.80. The lowest BCUT2D eigenvalue weighted by Gasteiger charge is -2.21. The van der Waals surface area contributed by atoms with E-state index in [9.17, 15) is 13.2 Å². The van der Waals surface area contributed by atoms with E-state index >= 15 is 0 Å². The summed E-state index contributed by atoms with van der Waals surface area (Å²) in [5.74, 6) is -0.747. The van der Waals surface area contributed by atoms with Crippen molar-refractivity contribution in [2.45, 2.75) is 38.0 Å². The first-order valence-corrected chi connectivity index (χ1v) is 8.35. The molecular formula is C14H22N2O4S. The van der Waals surface area contributed by atoms with Gasteiger partial charge in [0.2, 0.25) is 10.0 Å². The van der Waals surface area contributed by atoms with E-state index < -0.39 is 22.5 Å². The second-order valence-corrected chi connectivity index (χ2v) is 6.84. The fraction of sp³-hybridized carbons (Fsp3) is 0.500. The van der Waals surface area contributed by atoms with Gasteiger partial charge in [0, 0.05) is 6.54 Å². The van der Waals surface area contributed by atoms with E-state index in [-0.39, 0.29) is 11.4 Å². The quantitative estimate of drug-likeness (QED) is 0.434. The Bertz CT molecular complexity index is 572.